The van der Waals surface area contributed by atoms with E-state index in [0.717, 1.165) is 65.2 Å². The number of rotatable bonds is 12. The van der Waals surface area contributed by atoms with Gasteiger partial charge in [-0.2, -0.15) is 0 Å². The molecule has 1 aliphatic rings. The van der Waals surface area contributed by atoms with E-state index in [1.807, 2.05) is 0 Å². The summed E-state index contributed by atoms with van der Waals surface area (Å²) in [5, 5.41) is 5.77. The molecule has 24 heavy (non-hydrogen) atoms. The van der Waals surface area contributed by atoms with Gasteiger partial charge in [-0.1, -0.05) is 0 Å². The van der Waals surface area contributed by atoms with Crippen molar-refractivity contribution in [2.75, 3.05) is 65.4 Å². The highest BCUT2D eigenvalue weighted by Crippen LogP contribution is 2.03. The van der Waals surface area contributed by atoms with Crippen LogP contribution in [0.15, 0.2) is 0 Å². The number of hydrogen-bond acceptors (Lipinski definition) is 6. The van der Waals surface area contributed by atoms with Gasteiger partial charge in [0.25, 0.3) is 0 Å². The van der Waals surface area contributed by atoms with Gasteiger partial charge in [0, 0.05) is 65.2 Å². The minimum Gasteiger partial charge on any atom is -0.356 e. The molecule has 0 unspecified atom stereocenters. The molecule has 0 atom stereocenters. The molecule has 6 N–H and O–H groups in total. The van der Waals surface area contributed by atoms with E-state index in [1.165, 1.54) is 0 Å². The molecule has 8 nitrogen and oxygen atoms in total. The lowest BCUT2D eigenvalue weighted by molar-refractivity contribution is -0.121. The number of hydrogen-bond donors (Lipinski definition) is 4. The van der Waals surface area contributed by atoms with Gasteiger partial charge in [0.2, 0.25) is 11.8 Å². The molecule has 1 rings (SSSR count). The second-order valence-electron chi connectivity index (χ2n) is 6.17. The molecule has 1 aliphatic heterocycles. The Labute approximate surface area is 145 Å². The second-order valence-corrected chi connectivity index (χ2v) is 6.17. The zero-order valence-corrected chi connectivity index (χ0v) is 14.8. The lowest BCUT2D eigenvalue weighted by atomic mass is 10.2. The van der Waals surface area contributed by atoms with E-state index >= 15 is 0 Å². The lowest BCUT2D eigenvalue weighted by Gasteiger charge is -2.34. The fourth-order valence-electron chi connectivity index (χ4n) is 2.74. The third kappa shape index (κ3) is 9.82. The predicted molar refractivity (Wildman–Crippen MR) is 95.5 cm³/mol. The molecule has 1 heterocycles. The number of carbonyl (C=O) groups is 2. The first-order valence-corrected chi connectivity index (χ1v) is 9.04. The number of carbonyl (C=O) groups excluding carboxylic acids is 2. The molecule has 0 aliphatic carbocycles. The van der Waals surface area contributed by atoms with E-state index in [2.05, 4.69) is 20.4 Å². The Morgan fingerprint density at radius 1 is 0.750 bits per heavy atom. The van der Waals surface area contributed by atoms with Crippen LogP contribution in [0.5, 0.6) is 0 Å². The van der Waals surface area contributed by atoms with Crippen LogP contribution < -0.4 is 22.1 Å². The summed E-state index contributed by atoms with van der Waals surface area (Å²) in [4.78, 5) is 27.5. The molecule has 0 aromatic heterocycles. The zero-order valence-electron chi connectivity index (χ0n) is 14.8. The second kappa shape index (κ2) is 13.1. The van der Waals surface area contributed by atoms with Gasteiger partial charge in [-0.25, -0.2) is 0 Å². The Kier molecular flexibility index (Phi) is 11.4. The molecule has 0 radical (unpaired) electrons. The van der Waals surface area contributed by atoms with Crippen molar-refractivity contribution in [2.24, 2.45) is 11.5 Å². The average Bonchev–Trinajstić information content (AvgIpc) is 2.57. The van der Waals surface area contributed by atoms with Gasteiger partial charge in [0.1, 0.15) is 0 Å². The van der Waals surface area contributed by atoms with Crippen molar-refractivity contribution in [1.82, 2.24) is 20.4 Å². The molecule has 8 heteroatoms. The summed E-state index contributed by atoms with van der Waals surface area (Å²) in [6, 6.07) is 0. The predicted octanol–water partition coefficient (Wildman–Crippen LogP) is -1.69. The quantitative estimate of drug-likeness (QED) is 0.315. The smallest absolute Gasteiger partial charge is 0.221 e. The normalized spacial score (nSPS) is 16.1. The Balaban J connectivity index is 1.98. The molecule has 0 aromatic carbocycles. The van der Waals surface area contributed by atoms with Gasteiger partial charge in [-0.05, 0) is 25.9 Å². The van der Waals surface area contributed by atoms with Crippen LogP contribution in [0.3, 0.4) is 0 Å². The van der Waals surface area contributed by atoms with E-state index in [4.69, 9.17) is 11.5 Å². The maximum Gasteiger partial charge on any atom is 0.221 e. The van der Waals surface area contributed by atoms with Gasteiger partial charge in [0.15, 0.2) is 0 Å². The lowest BCUT2D eigenvalue weighted by Crippen LogP contribution is -2.47. The van der Waals surface area contributed by atoms with E-state index in [0.29, 0.717) is 25.9 Å². The van der Waals surface area contributed by atoms with Gasteiger partial charge >= 0.3 is 0 Å². The first-order chi connectivity index (χ1) is 11.7. The largest absolute Gasteiger partial charge is 0.356 e. The molecule has 0 saturated carbocycles. The number of nitrogens with one attached hydrogen (secondary N) is 2. The Morgan fingerprint density at radius 2 is 1.12 bits per heavy atom. The van der Waals surface area contributed by atoms with Crippen LogP contribution in [0.2, 0.25) is 0 Å². The van der Waals surface area contributed by atoms with Gasteiger partial charge in [-0.15, -0.1) is 0 Å². The number of nitrogens with zero attached hydrogens (tertiary/aromatic N) is 2. The first-order valence-electron chi connectivity index (χ1n) is 9.04. The number of nitrogens with two attached hydrogens (primary N) is 2. The molecule has 2 amide bonds. The van der Waals surface area contributed by atoms with Crippen molar-refractivity contribution in [3.05, 3.63) is 0 Å². The van der Waals surface area contributed by atoms with Gasteiger partial charge < -0.3 is 31.9 Å². The summed E-state index contributed by atoms with van der Waals surface area (Å²) in [7, 11) is 0. The monoisotopic (exact) mass is 342 g/mol. The Hall–Kier alpha value is -1.22. The molecule has 1 saturated heterocycles. The third-order valence-corrected chi connectivity index (χ3v) is 4.15. The van der Waals surface area contributed by atoms with Crippen LogP contribution in [0.4, 0.5) is 0 Å². The maximum absolute atomic E-state index is 11.3. The maximum atomic E-state index is 11.3. The SMILES string of the molecule is NCCC(=O)NCCCN1CCN(CCCNC(=O)CCN)CC1. The molecule has 0 spiro atoms. The van der Waals surface area contributed by atoms with Crippen LogP contribution >= 0.6 is 0 Å². The van der Waals surface area contributed by atoms with Crippen LogP contribution in [-0.4, -0.2) is 87.1 Å². The fourth-order valence-corrected chi connectivity index (χ4v) is 2.74. The van der Waals surface area contributed by atoms with Gasteiger partial charge in [-0.3, -0.25) is 9.59 Å². The standard InChI is InChI=1S/C16H34N6O2/c17-5-3-15(23)19-7-1-9-21-11-13-22(14-12-21)10-2-8-20-16(24)4-6-18/h1-14,17-18H2,(H,19,23)(H,20,24). The van der Waals surface area contributed by atoms with Crippen molar-refractivity contribution in [3.63, 3.8) is 0 Å². The molecule has 0 aromatic rings. The minimum absolute atomic E-state index is 0.0425. The first kappa shape index (κ1) is 20.8. The number of amides is 2. The topological polar surface area (TPSA) is 117 Å². The summed E-state index contributed by atoms with van der Waals surface area (Å²) >= 11 is 0. The van der Waals surface area contributed by atoms with E-state index in [-0.39, 0.29) is 11.8 Å². The molecular weight excluding hydrogens is 308 g/mol. The highest BCUT2D eigenvalue weighted by Gasteiger charge is 2.15. The fraction of sp³-hybridized carbons (Fsp3) is 0.875. The molecule has 0 bridgehead atoms. The van der Waals surface area contributed by atoms with Crippen LogP contribution in [0.25, 0.3) is 0 Å². The highest BCUT2D eigenvalue weighted by molar-refractivity contribution is 5.76. The van der Waals surface area contributed by atoms with Crippen molar-refractivity contribution in [3.8, 4) is 0 Å². The average molecular weight is 342 g/mol. The van der Waals surface area contributed by atoms with Crippen LogP contribution in [-0.2, 0) is 9.59 Å². The molecule has 1 fully saturated rings. The van der Waals surface area contributed by atoms with Crippen molar-refractivity contribution in [1.29, 1.82) is 0 Å². The van der Waals surface area contributed by atoms with Crippen molar-refractivity contribution >= 4 is 11.8 Å². The van der Waals surface area contributed by atoms with Crippen LogP contribution in [0.1, 0.15) is 25.7 Å². The molecular formula is C16H34N6O2. The Bertz CT molecular complexity index is 324. The van der Waals surface area contributed by atoms with E-state index in [1.54, 1.807) is 0 Å². The third-order valence-electron chi connectivity index (χ3n) is 4.15. The Morgan fingerprint density at radius 3 is 1.46 bits per heavy atom. The summed E-state index contributed by atoms with van der Waals surface area (Å²) in [5.41, 5.74) is 10.7. The highest BCUT2D eigenvalue weighted by atomic mass is 16.2. The van der Waals surface area contributed by atoms with E-state index in [9.17, 15) is 9.59 Å². The number of piperazine rings is 1. The summed E-state index contributed by atoms with van der Waals surface area (Å²) in [6.07, 6.45) is 2.77. The summed E-state index contributed by atoms with van der Waals surface area (Å²) in [5.74, 6) is 0.0850. The summed E-state index contributed by atoms with van der Waals surface area (Å²) in [6.45, 7) is 8.56. The summed E-state index contributed by atoms with van der Waals surface area (Å²) < 4.78 is 0. The zero-order chi connectivity index (χ0) is 17.6. The van der Waals surface area contributed by atoms with Gasteiger partial charge in [0.05, 0.1) is 0 Å². The van der Waals surface area contributed by atoms with Crippen molar-refractivity contribution in [2.45, 2.75) is 25.7 Å². The van der Waals surface area contributed by atoms with Crippen LogP contribution in [0, 0.1) is 0 Å². The van der Waals surface area contributed by atoms with E-state index < -0.39 is 0 Å². The minimum atomic E-state index is 0.0425. The van der Waals surface area contributed by atoms with Crippen molar-refractivity contribution < 1.29 is 9.59 Å². The molecule has 140 valence electrons.